The molecule has 96 valence electrons. The molecule has 1 aromatic heterocycles. The molecule has 0 saturated heterocycles. The molecular formula is C10H8BrFN2O2S2. The zero-order valence-corrected chi connectivity index (χ0v) is 12.1. The van der Waals surface area contributed by atoms with Crippen molar-refractivity contribution < 1.29 is 12.8 Å². The van der Waals surface area contributed by atoms with Crippen LogP contribution in [0.15, 0.2) is 38.3 Å². The number of rotatable bonds is 3. The van der Waals surface area contributed by atoms with Crippen molar-refractivity contribution in [3.8, 4) is 0 Å². The van der Waals surface area contributed by atoms with E-state index < -0.39 is 15.8 Å². The Balaban J connectivity index is 2.30. The van der Waals surface area contributed by atoms with E-state index in [4.69, 9.17) is 5.73 Å². The molecule has 1 heterocycles. The minimum Gasteiger partial charge on any atom is -0.396 e. The number of nitrogens with one attached hydrogen (secondary N) is 1. The van der Waals surface area contributed by atoms with E-state index in [0.717, 1.165) is 17.4 Å². The maximum atomic E-state index is 13.0. The van der Waals surface area contributed by atoms with Gasteiger partial charge in [0.15, 0.2) is 0 Å². The van der Waals surface area contributed by atoms with Gasteiger partial charge in [-0.1, -0.05) is 0 Å². The van der Waals surface area contributed by atoms with Gasteiger partial charge in [0.2, 0.25) is 0 Å². The Morgan fingerprint density at radius 1 is 1.28 bits per heavy atom. The minimum absolute atomic E-state index is 0.109. The highest BCUT2D eigenvalue weighted by atomic mass is 79.9. The van der Waals surface area contributed by atoms with Gasteiger partial charge in [0.1, 0.15) is 10.0 Å². The number of benzene rings is 1. The number of thiophene rings is 1. The van der Waals surface area contributed by atoms with Crippen LogP contribution in [0.2, 0.25) is 0 Å². The van der Waals surface area contributed by atoms with Gasteiger partial charge in [-0.25, -0.2) is 12.8 Å². The average Bonchev–Trinajstić information content (AvgIpc) is 2.71. The first-order valence-corrected chi connectivity index (χ1v) is 7.81. The molecule has 0 radical (unpaired) electrons. The molecule has 0 fully saturated rings. The van der Waals surface area contributed by atoms with Crippen LogP contribution in [-0.4, -0.2) is 8.42 Å². The number of halogens is 2. The lowest BCUT2D eigenvalue weighted by Crippen LogP contribution is -2.11. The third-order valence-electron chi connectivity index (χ3n) is 2.06. The average molecular weight is 351 g/mol. The molecular weight excluding hydrogens is 343 g/mol. The molecule has 0 amide bonds. The quantitative estimate of drug-likeness (QED) is 0.835. The van der Waals surface area contributed by atoms with Gasteiger partial charge in [-0.2, -0.15) is 0 Å². The Bertz CT molecular complexity index is 685. The van der Waals surface area contributed by atoms with Gasteiger partial charge in [-0.05, 0) is 46.3 Å². The lowest BCUT2D eigenvalue weighted by Gasteiger charge is -2.07. The van der Waals surface area contributed by atoms with E-state index >= 15 is 0 Å². The maximum absolute atomic E-state index is 13.0. The summed E-state index contributed by atoms with van der Waals surface area (Å²) in [6.07, 6.45) is 0. The summed E-state index contributed by atoms with van der Waals surface area (Å²) >= 11 is 4.27. The molecule has 0 unspecified atom stereocenters. The molecule has 3 N–H and O–H groups in total. The fourth-order valence-electron chi connectivity index (χ4n) is 1.25. The van der Waals surface area contributed by atoms with Crippen molar-refractivity contribution in [2.24, 2.45) is 0 Å². The van der Waals surface area contributed by atoms with Crippen molar-refractivity contribution >= 4 is 48.7 Å². The molecule has 0 spiro atoms. The Morgan fingerprint density at radius 2 is 2.00 bits per heavy atom. The van der Waals surface area contributed by atoms with Crippen molar-refractivity contribution in [1.29, 1.82) is 0 Å². The van der Waals surface area contributed by atoms with Gasteiger partial charge < -0.3 is 5.73 Å². The van der Waals surface area contributed by atoms with E-state index in [9.17, 15) is 12.8 Å². The van der Waals surface area contributed by atoms with Gasteiger partial charge in [-0.15, -0.1) is 11.3 Å². The minimum atomic E-state index is -3.66. The van der Waals surface area contributed by atoms with Gasteiger partial charge in [0, 0.05) is 0 Å². The van der Waals surface area contributed by atoms with Crippen LogP contribution in [-0.2, 0) is 10.0 Å². The summed E-state index contributed by atoms with van der Waals surface area (Å²) in [5.41, 5.74) is 5.48. The van der Waals surface area contributed by atoms with Crippen molar-refractivity contribution in [3.05, 3.63) is 39.9 Å². The molecule has 0 saturated carbocycles. The second-order valence-electron chi connectivity index (χ2n) is 3.40. The zero-order chi connectivity index (χ0) is 13.3. The van der Waals surface area contributed by atoms with E-state index in [0.29, 0.717) is 3.79 Å². The second kappa shape index (κ2) is 4.87. The van der Waals surface area contributed by atoms with E-state index in [1.54, 1.807) is 6.07 Å². The molecule has 2 rings (SSSR count). The molecule has 0 aliphatic heterocycles. The second-order valence-corrected chi connectivity index (χ2v) is 7.77. The van der Waals surface area contributed by atoms with Crippen LogP contribution in [0.5, 0.6) is 0 Å². The predicted octanol–water partition coefficient (Wildman–Crippen LogP) is 3.03. The zero-order valence-electron chi connectivity index (χ0n) is 8.85. The monoisotopic (exact) mass is 350 g/mol. The SMILES string of the molecule is Nc1cc(NS(=O)(=O)c2ccc(Br)s2)ccc1F. The molecule has 0 aliphatic carbocycles. The fourth-order valence-corrected chi connectivity index (χ4v) is 4.31. The summed E-state index contributed by atoms with van der Waals surface area (Å²) in [6, 6.07) is 6.77. The van der Waals surface area contributed by atoms with E-state index in [-0.39, 0.29) is 15.6 Å². The number of anilines is 2. The van der Waals surface area contributed by atoms with Crippen LogP contribution in [0, 0.1) is 5.82 Å². The molecule has 8 heteroatoms. The molecule has 4 nitrogen and oxygen atoms in total. The number of hydrogen-bond acceptors (Lipinski definition) is 4. The number of nitrogen functional groups attached to an aromatic ring is 1. The lowest BCUT2D eigenvalue weighted by molar-refractivity contribution is 0.603. The largest absolute Gasteiger partial charge is 0.396 e. The topological polar surface area (TPSA) is 72.2 Å². The van der Waals surface area contributed by atoms with Gasteiger partial charge >= 0.3 is 0 Å². The van der Waals surface area contributed by atoms with Crippen LogP contribution in [0.4, 0.5) is 15.8 Å². The first-order chi connectivity index (χ1) is 8.38. The third-order valence-corrected chi connectivity index (χ3v) is 5.56. The van der Waals surface area contributed by atoms with Crippen molar-refractivity contribution in [2.75, 3.05) is 10.5 Å². The highest BCUT2D eigenvalue weighted by Crippen LogP contribution is 2.28. The summed E-state index contributed by atoms with van der Waals surface area (Å²) in [6.45, 7) is 0. The molecule has 0 bridgehead atoms. The first-order valence-electron chi connectivity index (χ1n) is 4.72. The van der Waals surface area contributed by atoms with E-state index in [1.807, 2.05) is 0 Å². The summed E-state index contributed by atoms with van der Waals surface area (Å²) in [5, 5.41) is 0. The van der Waals surface area contributed by atoms with Gasteiger partial charge in [0.25, 0.3) is 10.0 Å². The Kier molecular flexibility index (Phi) is 3.60. The van der Waals surface area contributed by atoms with Crippen LogP contribution >= 0.6 is 27.3 Å². The van der Waals surface area contributed by atoms with E-state index in [1.165, 1.54) is 18.2 Å². The summed E-state index contributed by atoms with van der Waals surface area (Å²) in [4.78, 5) is 0. The Hall–Kier alpha value is -1.12. The molecule has 18 heavy (non-hydrogen) atoms. The smallest absolute Gasteiger partial charge is 0.271 e. The van der Waals surface area contributed by atoms with Crippen molar-refractivity contribution in [3.63, 3.8) is 0 Å². The number of sulfonamides is 1. The summed E-state index contributed by atoms with van der Waals surface area (Å²) < 4.78 is 40.1. The first kappa shape index (κ1) is 13.3. The third kappa shape index (κ3) is 2.82. The van der Waals surface area contributed by atoms with Crippen LogP contribution < -0.4 is 10.5 Å². The van der Waals surface area contributed by atoms with E-state index in [2.05, 4.69) is 20.7 Å². The standard InChI is InChI=1S/C10H8BrFN2O2S2/c11-9-3-4-10(17-9)18(15,16)14-6-1-2-7(12)8(13)5-6/h1-5,14H,13H2. The fraction of sp³-hybridized carbons (Fsp3) is 0. The molecule has 0 aliphatic rings. The Morgan fingerprint density at radius 3 is 2.56 bits per heavy atom. The van der Waals surface area contributed by atoms with Crippen molar-refractivity contribution in [2.45, 2.75) is 4.21 Å². The van der Waals surface area contributed by atoms with Gasteiger partial charge in [-0.3, -0.25) is 4.72 Å². The molecule has 1 aromatic carbocycles. The highest BCUT2D eigenvalue weighted by Gasteiger charge is 2.16. The summed E-state index contributed by atoms with van der Waals surface area (Å²) in [5.74, 6) is -0.586. The number of hydrogen-bond donors (Lipinski definition) is 2. The normalized spacial score (nSPS) is 11.4. The lowest BCUT2D eigenvalue weighted by atomic mass is 10.3. The maximum Gasteiger partial charge on any atom is 0.271 e. The van der Waals surface area contributed by atoms with Crippen LogP contribution in [0.1, 0.15) is 0 Å². The molecule has 0 atom stereocenters. The summed E-state index contributed by atoms with van der Waals surface area (Å²) in [7, 11) is -3.66. The molecule has 2 aromatic rings. The van der Waals surface area contributed by atoms with Crippen LogP contribution in [0.25, 0.3) is 0 Å². The van der Waals surface area contributed by atoms with Crippen LogP contribution in [0.3, 0.4) is 0 Å². The van der Waals surface area contributed by atoms with Gasteiger partial charge in [0.05, 0.1) is 15.2 Å². The van der Waals surface area contributed by atoms with Crippen molar-refractivity contribution in [1.82, 2.24) is 0 Å². The predicted molar refractivity (Wildman–Crippen MR) is 73.6 cm³/mol. The highest BCUT2D eigenvalue weighted by molar-refractivity contribution is 9.11. The number of nitrogens with two attached hydrogens (primary N) is 1. The Labute approximate surface area is 116 Å².